The minimum Gasteiger partial charge on any atom is -0.392 e. The monoisotopic (exact) mass is 178 g/mol. The van der Waals surface area contributed by atoms with Crippen molar-refractivity contribution in [2.45, 2.75) is 12.5 Å². The van der Waals surface area contributed by atoms with Gasteiger partial charge in [-0.05, 0) is 12.0 Å². The molecule has 0 aromatic heterocycles. The molecule has 1 aromatic rings. The lowest BCUT2D eigenvalue weighted by Crippen LogP contribution is -1.94. The van der Waals surface area contributed by atoms with Gasteiger partial charge in [-0.15, -0.1) is 0 Å². The van der Waals surface area contributed by atoms with Crippen molar-refractivity contribution in [3.8, 4) is 0 Å². The van der Waals surface area contributed by atoms with Crippen LogP contribution in [0.25, 0.3) is 0 Å². The highest BCUT2D eigenvalue weighted by Crippen LogP contribution is 2.15. The molecular formula is C11H14O2. The second kappa shape index (κ2) is 5.51. The fourth-order valence-electron chi connectivity index (χ4n) is 1.11. The smallest absolute Gasteiger partial charge is 0.0824 e. The van der Waals surface area contributed by atoms with Crippen LogP contribution in [0.5, 0.6) is 0 Å². The fraction of sp³-hybridized carbons (Fsp3) is 0.273. The second-order valence-corrected chi connectivity index (χ2v) is 2.82. The molecule has 0 saturated heterocycles. The molecule has 1 rings (SSSR count). The summed E-state index contributed by atoms with van der Waals surface area (Å²) >= 11 is 0. The maximum atomic E-state index is 9.61. The molecule has 0 spiro atoms. The van der Waals surface area contributed by atoms with Gasteiger partial charge < -0.3 is 10.2 Å². The Morgan fingerprint density at radius 2 is 1.85 bits per heavy atom. The molecule has 13 heavy (non-hydrogen) atoms. The summed E-state index contributed by atoms with van der Waals surface area (Å²) < 4.78 is 0. The third-order valence-electron chi connectivity index (χ3n) is 1.82. The zero-order chi connectivity index (χ0) is 9.52. The van der Waals surface area contributed by atoms with Crippen LogP contribution in [0, 0.1) is 0 Å². The Kier molecular flexibility index (Phi) is 4.23. The summed E-state index contributed by atoms with van der Waals surface area (Å²) in [5.74, 6) is 0. The lowest BCUT2D eigenvalue weighted by atomic mass is 10.1. The van der Waals surface area contributed by atoms with E-state index >= 15 is 0 Å². The van der Waals surface area contributed by atoms with E-state index in [1.807, 2.05) is 30.3 Å². The largest absolute Gasteiger partial charge is 0.392 e. The van der Waals surface area contributed by atoms with Crippen LogP contribution in [0.3, 0.4) is 0 Å². The van der Waals surface area contributed by atoms with Gasteiger partial charge in [-0.1, -0.05) is 42.5 Å². The van der Waals surface area contributed by atoms with Crippen LogP contribution >= 0.6 is 0 Å². The summed E-state index contributed by atoms with van der Waals surface area (Å²) in [6, 6.07) is 9.48. The third kappa shape index (κ3) is 3.40. The van der Waals surface area contributed by atoms with Crippen LogP contribution < -0.4 is 0 Å². The molecule has 0 unspecified atom stereocenters. The lowest BCUT2D eigenvalue weighted by molar-refractivity contribution is 0.181. The molecule has 0 aliphatic rings. The molecule has 0 aliphatic carbocycles. The first-order chi connectivity index (χ1) is 6.34. The van der Waals surface area contributed by atoms with Gasteiger partial charge in [0.2, 0.25) is 0 Å². The molecule has 1 atom stereocenters. The lowest BCUT2D eigenvalue weighted by Gasteiger charge is -2.06. The summed E-state index contributed by atoms with van der Waals surface area (Å²) in [4.78, 5) is 0. The summed E-state index contributed by atoms with van der Waals surface area (Å²) in [5, 5.41) is 18.1. The first-order valence-corrected chi connectivity index (χ1v) is 4.33. The molecule has 2 nitrogen and oxygen atoms in total. The van der Waals surface area contributed by atoms with E-state index in [0.717, 1.165) is 5.56 Å². The third-order valence-corrected chi connectivity index (χ3v) is 1.82. The number of aliphatic hydroxyl groups excluding tert-OH is 2. The normalized spacial score (nSPS) is 13.4. The average Bonchev–Trinajstić information content (AvgIpc) is 2.19. The first-order valence-electron chi connectivity index (χ1n) is 4.33. The molecule has 0 radical (unpaired) electrons. The minimum absolute atomic E-state index is 0.0293. The highest BCUT2D eigenvalue weighted by molar-refractivity contribution is 5.17. The molecule has 2 N–H and O–H groups in total. The van der Waals surface area contributed by atoms with Crippen molar-refractivity contribution in [1.82, 2.24) is 0 Å². The number of benzene rings is 1. The molecule has 0 heterocycles. The topological polar surface area (TPSA) is 40.5 Å². The summed E-state index contributed by atoms with van der Waals surface area (Å²) in [6.07, 6.45) is 3.48. The van der Waals surface area contributed by atoms with Gasteiger partial charge in [0, 0.05) is 0 Å². The minimum atomic E-state index is -0.469. The van der Waals surface area contributed by atoms with Crippen molar-refractivity contribution in [2.75, 3.05) is 6.61 Å². The maximum absolute atomic E-state index is 9.61. The van der Waals surface area contributed by atoms with Gasteiger partial charge in [-0.2, -0.15) is 0 Å². The van der Waals surface area contributed by atoms with E-state index in [9.17, 15) is 5.11 Å². The van der Waals surface area contributed by atoms with Gasteiger partial charge in [0.25, 0.3) is 0 Å². The van der Waals surface area contributed by atoms with Gasteiger partial charge in [-0.3, -0.25) is 0 Å². The van der Waals surface area contributed by atoms with E-state index in [0.29, 0.717) is 6.42 Å². The number of rotatable bonds is 4. The second-order valence-electron chi connectivity index (χ2n) is 2.82. The van der Waals surface area contributed by atoms with Crippen LogP contribution in [0.4, 0.5) is 0 Å². The van der Waals surface area contributed by atoms with Gasteiger partial charge in [0.1, 0.15) is 0 Å². The predicted octanol–water partition coefficient (Wildman–Crippen LogP) is 1.66. The number of aliphatic hydroxyl groups is 2. The quantitative estimate of drug-likeness (QED) is 0.688. The van der Waals surface area contributed by atoms with Crippen molar-refractivity contribution in [3.05, 3.63) is 48.0 Å². The molecule has 0 amide bonds. The zero-order valence-corrected chi connectivity index (χ0v) is 7.43. The zero-order valence-electron chi connectivity index (χ0n) is 7.43. The highest BCUT2D eigenvalue weighted by atomic mass is 16.3. The Morgan fingerprint density at radius 3 is 2.46 bits per heavy atom. The number of hydrogen-bond acceptors (Lipinski definition) is 2. The molecule has 2 heteroatoms. The van der Waals surface area contributed by atoms with E-state index in [2.05, 4.69) is 0 Å². The van der Waals surface area contributed by atoms with Crippen molar-refractivity contribution < 1.29 is 10.2 Å². The Labute approximate surface area is 78.2 Å². The van der Waals surface area contributed by atoms with E-state index in [1.165, 1.54) is 0 Å². The van der Waals surface area contributed by atoms with Crippen LogP contribution in [-0.4, -0.2) is 16.8 Å². The van der Waals surface area contributed by atoms with E-state index in [-0.39, 0.29) is 6.61 Å². The van der Waals surface area contributed by atoms with E-state index in [4.69, 9.17) is 5.11 Å². The summed E-state index contributed by atoms with van der Waals surface area (Å²) in [6.45, 7) is 0.0293. The number of hydrogen-bond donors (Lipinski definition) is 2. The van der Waals surface area contributed by atoms with Gasteiger partial charge in [-0.25, -0.2) is 0 Å². The van der Waals surface area contributed by atoms with Crippen LogP contribution in [0.2, 0.25) is 0 Å². The van der Waals surface area contributed by atoms with E-state index < -0.39 is 6.10 Å². The maximum Gasteiger partial charge on any atom is 0.0824 e. The standard InChI is InChI=1S/C11H14O2/c12-9-5-4-8-11(13)10-6-2-1-3-7-10/h1-7,11-13H,8-9H2/b5-4+/t11-/m0/s1. The summed E-state index contributed by atoms with van der Waals surface area (Å²) in [5.41, 5.74) is 0.907. The van der Waals surface area contributed by atoms with Gasteiger partial charge >= 0.3 is 0 Å². The highest BCUT2D eigenvalue weighted by Gasteiger charge is 2.02. The summed E-state index contributed by atoms with van der Waals surface area (Å²) in [7, 11) is 0. The Bertz CT molecular complexity index is 254. The molecular weight excluding hydrogens is 164 g/mol. The van der Waals surface area contributed by atoms with Gasteiger partial charge in [0.05, 0.1) is 12.7 Å². The van der Waals surface area contributed by atoms with Crippen LogP contribution in [0.1, 0.15) is 18.1 Å². The predicted molar refractivity (Wildman–Crippen MR) is 52.2 cm³/mol. The SMILES string of the molecule is OC/C=C/C[C@H](O)c1ccccc1. The molecule has 0 aliphatic heterocycles. The van der Waals surface area contributed by atoms with Crippen molar-refractivity contribution >= 4 is 0 Å². The van der Waals surface area contributed by atoms with Crippen molar-refractivity contribution in [2.24, 2.45) is 0 Å². The Balaban J connectivity index is 2.49. The average molecular weight is 178 g/mol. The van der Waals surface area contributed by atoms with Crippen LogP contribution in [-0.2, 0) is 0 Å². The molecule has 0 saturated carbocycles. The molecule has 0 fully saturated rings. The van der Waals surface area contributed by atoms with Crippen LogP contribution in [0.15, 0.2) is 42.5 Å². The van der Waals surface area contributed by atoms with Crippen molar-refractivity contribution in [1.29, 1.82) is 0 Å². The molecule has 70 valence electrons. The Hall–Kier alpha value is -1.12. The molecule has 0 bridgehead atoms. The van der Waals surface area contributed by atoms with E-state index in [1.54, 1.807) is 12.2 Å². The molecule has 1 aromatic carbocycles. The Morgan fingerprint density at radius 1 is 1.15 bits per heavy atom. The van der Waals surface area contributed by atoms with Crippen molar-refractivity contribution in [3.63, 3.8) is 0 Å². The fourth-order valence-corrected chi connectivity index (χ4v) is 1.11. The van der Waals surface area contributed by atoms with Gasteiger partial charge in [0.15, 0.2) is 0 Å². The first kappa shape index (κ1) is 9.96.